The molecule has 0 unspecified atom stereocenters. The van der Waals surface area contributed by atoms with Crippen LogP contribution >= 0.6 is 0 Å². The number of rotatable bonds is 9. The second kappa shape index (κ2) is 9.29. The first-order chi connectivity index (χ1) is 9.24. The van der Waals surface area contributed by atoms with E-state index in [-0.39, 0.29) is 5.91 Å². The van der Waals surface area contributed by atoms with Gasteiger partial charge in [-0.3, -0.25) is 4.79 Å². The van der Waals surface area contributed by atoms with Crippen molar-refractivity contribution in [3.63, 3.8) is 0 Å². The Labute approximate surface area is 113 Å². The molecule has 1 heterocycles. The van der Waals surface area contributed by atoms with Crippen LogP contribution in [0.15, 0.2) is 18.2 Å². The average molecular weight is 267 g/mol. The van der Waals surface area contributed by atoms with Crippen LogP contribution < -0.4 is 11.1 Å². The number of aromatic nitrogens is 1. The quantitative estimate of drug-likeness (QED) is 0.647. The van der Waals surface area contributed by atoms with Gasteiger partial charge in [-0.2, -0.15) is 0 Å². The van der Waals surface area contributed by atoms with Gasteiger partial charge in [-0.25, -0.2) is 4.98 Å². The van der Waals surface area contributed by atoms with Crippen molar-refractivity contribution in [3.8, 4) is 0 Å². The minimum Gasteiger partial charge on any atom is -0.384 e. The zero-order valence-electron chi connectivity index (χ0n) is 11.2. The third-order valence-electron chi connectivity index (χ3n) is 2.44. The van der Waals surface area contributed by atoms with Gasteiger partial charge in [0.25, 0.3) is 5.91 Å². The van der Waals surface area contributed by atoms with Crippen molar-refractivity contribution < 1.29 is 14.3 Å². The van der Waals surface area contributed by atoms with Crippen molar-refractivity contribution in [1.82, 2.24) is 10.3 Å². The van der Waals surface area contributed by atoms with Gasteiger partial charge < -0.3 is 20.5 Å². The number of hydrogen-bond acceptors (Lipinski definition) is 5. The largest absolute Gasteiger partial charge is 0.384 e. The van der Waals surface area contributed by atoms with Crippen molar-refractivity contribution in [1.29, 1.82) is 0 Å². The summed E-state index contributed by atoms with van der Waals surface area (Å²) in [5, 5.41) is 2.79. The van der Waals surface area contributed by atoms with E-state index in [1.54, 1.807) is 25.3 Å². The van der Waals surface area contributed by atoms with Crippen LogP contribution in [0.25, 0.3) is 0 Å². The van der Waals surface area contributed by atoms with Crippen molar-refractivity contribution >= 4 is 11.7 Å². The van der Waals surface area contributed by atoms with Crippen LogP contribution in [-0.4, -0.2) is 44.4 Å². The summed E-state index contributed by atoms with van der Waals surface area (Å²) in [6.45, 7) is 2.49. The van der Waals surface area contributed by atoms with Crippen LogP contribution in [0.4, 0.5) is 5.82 Å². The topological polar surface area (TPSA) is 86.5 Å². The molecular weight excluding hydrogens is 246 g/mol. The lowest BCUT2D eigenvalue weighted by molar-refractivity contribution is 0.0686. The minimum absolute atomic E-state index is 0.201. The maximum atomic E-state index is 11.7. The fraction of sp³-hybridized carbons (Fsp3) is 0.538. The number of hydrogen-bond donors (Lipinski definition) is 2. The number of nitrogen functional groups attached to an aromatic ring is 1. The van der Waals surface area contributed by atoms with Crippen LogP contribution in [0, 0.1) is 0 Å². The lowest BCUT2D eigenvalue weighted by atomic mass is 10.3. The Hall–Kier alpha value is -1.66. The molecule has 0 atom stereocenters. The number of carbonyl (C=O) groups is 1. The normalized spacial score (nSPS) is 10.4. The first-order valence-corrected chi connectivity index (χ1v) is 6.31. The Balaban J connectivity index is 2.08. The predicted octanol–water partition coefficient (Wildman–Crippen LogP) is 0.837. The molecule has 0 radical (unpaired) electrons. The van der Waals surface area contributed by atoms with Gasteiger partial charge in [-0.05, 0) is 25.0 Å². The minimum atomic E-state index is -0.201. The first kappa shape index (κ1) is 15.4. The number of nitrogens with one attached hydrogen (secondary N) is 1. The zero-order valence-corrected chi connectivity index (χ0v) is 11.2. The van der Waals surface area contributed by atoms with Crippen molar-refractivity contribution in [3.05, 3.63) is 23.9 Å². The third-order valence-corrected chi connectivity index (χ3v) is 2.44. The van der Waals surface area contributed by atoms with Crippen LogP contribution in [0.2, 0.25) is 0 Å². The van der Waals surface area contributed by atoms with Crippen molar-refractivity contribution in [2.45, 2.75) is 12.8 Å². The van der Waals surface area contributed by atoms with Crippen LogP contribution in [-0.2, 0) is 9.47 Å². The summed E-state index contributed by atoms with van der Waals surface area (Å²) in [6.07, 6.45) is 1.76. The smallest absolute Gasteiger partial charge is 0.269 e. The second-order valence-electron chi connectivity index (χ2n) is 4.02. The van der Waals surface area contributed by atoms with Gasteiger partial charge in [0.1, 0.15) is 11.5 Å². The first-order valence-electron chi connectivity index (χ1n) is 6.31. The Kier molecular flexibility index (Phi) is 7.53. The summed E-state index contributed by atoms with van der Waals surface area (Å²) in [5.74, 6) is 0.145. The van der Waals surface area contributed by atoms with Gasteiger partial charge in [0.2, 0.25) is 0 Å². The van der Waals surface area contributed by atoms with E-state index >= 15 is 0 Å². The monoisotopic (exact) mass is 267 g/mol. The summed E-state index contributed by atoms with van der Waals surface area (Å²) in [6, 6.07) is 4.99. The van der Waals surface area contributed by atoms with Crippen molar-refractivity contribution in [2.75, 3.05) is 39.2 Å². The molecule has 3 N–H and O–H groups in total. The molecule has 0 saturated heterocycles. The van der Waals surface area contributed by atoms with Gasteiger partial charge in [-0.1, -0.05) is 6.07 Å². The molecule has 19 heavy (non-hydrogen) atoms. The second-order valence-corrected chi connectivity index (χ2v) is 4.02. The molecule has 0 aromatic carbocycles. The molecule has 6 nitrogen and oxygen atoms in total. The van der Waals surface area contributed by atoms with Gasteiger partial charge >= 0.3 is 0 Å². The van der Waals surface area contributed by atoms with Crippen molar-refractivity contribution in [2.24, 2.45) is 0 Å². The number of nitrogens with zero attached hydrogens (tertiary/aromatic N) is 1. The molecule has 0 aliphatic heterocycles. The van der Waals surface area contributed by atoms with Gasteiger partial charge in [0.05, 0.1) is 13.2 Å². The molecular formula is C13H21N3O3. The van der Waals surface area contributed by atoms with Gasteiger partial charge in [0.15, 0.2) is 0 Å². The molecule has 0 aliphatic carbocycles. The molecule has 0 spiro atoms. The molecule has 0 aliphatic rings. The molecule has 1 amide bonds. The van der Waals surface area contributed by atoms with E-state index in [4.69, 9.17) is 15.2 Å². The Morgan fingerprint density at radius 1 is 1.32 bits per heavy atom. The number of carbonyl (C=O) groups excluding carboxylic acids is 1. The fourth-order valence-electron chi connectivity index (χ4n) is 1.44. The Morgan fingerprint density at radius 3 is 2.89 bits per heavy atom. The number of unbranched alkanes of at least 4 members (excludes halogenated alkanes) is 1. The van der Waals surface area contributed by atoms with Crippen LogP contribution in [0.3, 0.4) is 0 Å². The van der Waals surface area contributed by atoms with E-state index in [0.717, 1.165) is 12.8 Å². The third kappa shape index (κ3) is 6.73. The molecule has 1 aromatic rings. The Bertz CT molecular complexity index is 385. The maximum Gasteiger partial charge on any atom is 0.269 e. The summed E-state index contributed by atoms with van der Waals surface area (Å²) in [7, 11) is 1.64. The van der Waals surface area contributed by atoms with Gasteiger partial charge in [0, 0.05) is 20.3 Å². The van der Waals surface area contributed by atoms with E-state index < -0.39 is 0 Å². The lowest BCUT2D eigenvalue weighted by Crippen LogP contribution is -2.25. The van der Waals surface area contributed by atoms with E-state index in [1.165, 1.54) is 0 Å². The van der Waals surface area contributed by atoms with Crippen LogP contribution in [0.5, 0.6) is 0 Å². The molecule has 1 aromatic heterocycles. The predicted molar refractivity (Wildman–Crippen MR) is 72.9 cm³/mol. The number of nitrogens with two attached hydrogens (primary N) is 1. The fourth-order valence-corrected chi connectivity index (χ4v) is 1.44. The highest BCUT2D eigenvalue weighted by atomic mass is 16.5. The molecule has 0 bridgehead atoms. The molecule has 106 valence electrons. The highest BCUT2D eigenvalue weighted by Crippen LogP contribution is 2.00. The molecule has 0 saturated carbocycles. The number of ether oxygens (including phenoxy) is 2. The molecule has 0 fully saturated rings. The maximum absolute atomic E-state index is 11.7. The van der Waals surface area contributed by atoms with E-state index in [1.807, 2.05) is 0 Å². The summed E-state index contributed by atoms with van der Waals surface area (Å²) in [5.41, 5.74) is 5.86. The number of amides is 1. The highest BCUT2D eigenvalue weighted by molar-refractivity contribution is 5.92. The van der Waals surface area contributed by atoms with E-state index in [2.05, 4.69) is 10.3 Å². The number of pyridine rings is 1. The average Bonchev–Trinajstić information content (AvgIpc) is 2.41. The summed E-state index contributed by atoms with van der Waals surface area (Å²) >= 11 is 0. The highest BCUT2D eigenvalue weighted by Gasteiger charge is 2.05. The number of anilines is 1. The van der Waals surface area contributed by atoms with Crippen LogP contribution in [0.1, 0.15) is 23.3 Å². The standard InChI is InChI=1S/C13H21N3O3/c1-18-9-10-19-8-3-2-7-15-13(17)11-5-4-6-12(14)16-11/h4-6H,2-3,7-10H2,1H3,(H2,14,16)(H,15,17). The zero-order chi connectivity index (χ0) is 13.9. The Morgan fingerprint density at radius 2 is 2.16 bits per heavy atom. The SMILES string of the molecule is COCCOCCCCNC(=O)c1cccc(N)n1. The lowest BCUT2D eigenvalue weighted by Gasteiger charge is -2.06. The molecule has 1 rings (SSSR count). The van der Waals surface area contributed by atoms with E-state index in [9.17, 15) is 4.79 Å². The summed E-state index contributed by atoms with van der Waals surface area (Å²) in [4.78, 5) is 15.6. The molecule has 6 heteroatoms. The van der Waals surface area contributed by atoms with E-state index in [0.29, 0.717) is 37.9 Å². The van der Waals surface area contributed by atoms with Gasteiger partial charge in [-0.15, -0.1) is 0 Å². The number of methoxy groups -OCH3 is 1. The summed E-state index contributed by atoms with van der Waals surface area (Å²) < 4.78 is 10.2.